The molecular weight excluding hydrogens is 885 g/mol. The summed E-state index contributed by atoms with van der Waals surface area (Å²) in [6.45, 7) is 0. The second-order valence-electron chi connectivity index (χ2n) is 17.2. The lowest BCUT2D eigenvalue weighted by Crippen LogP contribution is -1.98. The molecule has 72 heavy (non-hydrogen) atoms. The Morgan fingerprint density at radius 2 is 0.556 bits per heavy atom. The molecule has 2 heterocycles. The summed E-state index contributed by atoms with van der Waals surface area (Å²) in [5.74, 6) is 0. The zero-order chi connectivity index (χ0) is 49.6. The number of aromatic nitrogens is 2. The lowest BCUT2D eigenvalue weighted by Gasteiger charge is -2.16. The quantitative estimate of drug-likeness (QED) is 0.157. The molecule has 10 heteroatoms. The molecule has 0 bridgehead atoms. The minimum absolute atomic E-state index is 0.319. The van der Waals surface area contributed by atoms with Gasteiger partial charge in [0.15, 0.2) is 0 Å². The van der Waals surface area contributed by atoms with Gasteiger partial charge in [-0.2, -0.15) is 42.1 Å². The van der Waals surface area contributed by atoms with Crippen molar-refractivity contribution in [3.8, 4) is 104 Å². The molecule has 0 fully saturated rings. The number of para-hydroxylation sites is 2. The van der Waals surface area contributed by atoms with Crippen LogP contribution in [0.1, 0.15) is 44.5 Å². The molecule has 10 nitrogen and oxygen atoms in total. The number of hydrogen-bond acceptors (Lipinski definition) is 8. The molecule has 326 valence electrons. The Labute approximate surface area is 411 Å². The Morgan fingerprint density at radius 3 is 0.917 bits per heavy atom. The average Bonchev–Trinajstić information content (AvgIpc) is 3.97. The highest BCUT2D eigenvalue weighted by Gasteiger charge is 2.23. The SMILES string of the molecule is N#Cc1cc(C#N)cc(-c2cc(-c3cc(C#N)cc(C#N)c3)cc(-n3c4ccccc4c4c3ccc3c5ccccc5n(-c5cc(-c6cc(C#N)cc(C#N)c6)cc(-c6cc(C#N)cc(C#N)c6)c5)c34)c2)c1. The van der Waals surface area contributed by atoms with E-state index in [2.05, 4.69) is 94.1 Å². The molecule has 0 atom stereocenters. The van der Waals surface area contributed by atoms with E-state index in [9.17, 15) is 42.1 Å². The normalized spacial score (nSPS) is 10.7. The van der Waals surface area contributed by atoms with Crippen molar-refractivity contribution < 1.29 is 0 Å². The van der Waals surface area contributed by atoms with Crippen LogP contribution in [0.25, 0.3) is 99.5 Å². The van der Waals surface area contributed by atoms with Crippen molar-refractivity contribution in [2.24, 2.45) is 0 Å². The summed E-state index contributed by atoms with van der Waals surface area (Å²) in [6.07, 6.45) is 0. The monoisotopic (exact) mass is 912 g/mol. The minimum Gasteiger partial charge on any atom is -0.309 e. The molecular formula is C62H28N10. The van der Waals surface area contributed by atoms with E-state index >= 15 is 0 Å². The van der Waals surface area contributed by atoms with E-state index in [1.165, 1.54) is 0 Å². The highest BCUT2D eigenvalue weighted by molar-refractivity contribution is 6.26. The lowest BCUT2D eigenvalue weighted by atomic mass is 9.94. The Kier molecular flexibility index (Phi) is 10.4. The summed E-state index contributed by atoms with van der Waals surface area (Å²) in [5.41, 5.74) is 12.8. The first-order valence-corrected chi connectivity index (χ1v) is 22.3. The van der Waals surface area contributed by atoms with Gasteiger partial charge in [0.2, 0.25) is 0 Å². The van der Waals surface area contributed by atoms with E-state index in [4.69, 9.17) is 0 Å². The number of nitrogens with zero attached hydrogens (tertiary/aromatic N) is 10. The molecule has 0 saturated carbocycles. The van der Waals surface area contributed by atoms with Gasteiger partial charge in [-0.25, -0.2) is 0 Å². The molecule has 9 aromatic carbocycles. The fourth-order valence-electron chi connectivity index (χ4n) is 9.90. The van der Waals surface area contributed by atoms with Crippen molar-refractivity contribution in [3.05, 3.63) is 214 Å². The van der Waals surface area contributed by atoms with Crippen molar-refractivity contribution in [1.29, 1.82) is 42.1 Å². The molecule has 11 rings (SSSR count). The van der Waals surface area contributed by atoms with Gasteiger partial charge in [0.25, 0.3) is 0 Å². The summed E-state index contributed by atoms with van der Waals surface area (Å²) >= 11 is 0. The van der Waals surface area contributed by atoms with Crippen LogP contribution in [-0.2, 0) is 0 Å². The van der Waals surface area contributed by atoms with Crippen molar-refractivity contribution in [2.45, 2.75) is 0 Å². The van der Waals surface area contributed by atoms with Crippen LogP contribution in [0.15, 0.2) is 170 Å². The Bertz CT molecular complexity index is 4250. The first kappa shape index (κ1) is 43.1. The predicted octanol–water partition coefficient (Wildman–Crippen LogP) is 13.5. The molecule has 0 unspecified atom stereocenters. The predicted molar refractivity (Wildman–Crippen MR) is 275 cm³/mol. The van der Waals surface area contributed by atoms with Gasteiger partial charge in [-0.3, -0.25) is 0 Å². The summed E-state index contributed by atoms with van der Waals surface area (Å²) in [4.78, 5) is 0. The highest BCUT2D eigenvalue weighted by Crippen LogP contribution is 2.44. The number of hydrogen-bond donors (Lipinski definition) is 0. The van der Waals surface area contributed by atoms with E-state index in [1.807, 2.05) is 60.7 Å². The average molecular weight is 913 g/mol. The number of nitriles is 8. The summed E-state index contributed by atoms with van der Waals surface area (Å²) < 4.78 is 4.39. The maximum absolute atomic E-state index is 10.0. The minimum atomic E-state index is 0.319. The molecule has 0 saturated heterocycles. The van der Waals surface area contributed by atoms with Gasteiger partial charge in [-0.1, -0.05) is 42.5 Å². The van der Waals surface area contributed by atoms with E-state index in [-0.39, 0.29) is 0 Å². The summed E-state index contributed by atoms with van der Waals surface area (Å²) in [5, 5.41) is 84.1. The van der Waals surface area contributed by atoms with Crippen molar-refractivity contribution in [2.75, 3.05) is 0 Å². The molecule has 0 spiro atoms. The fraction of sp³-hybridized carbons (Fsp3) is 0. The topological polar surface area (TPSA) is 200 Å². The Hall–Kier alpha value is -11.5. The zero-order valence-electron chi connectivity index (χ0n) is 37.6. The van der Waals surface area contributed by atoms with E-state index in [0.717, 1.165) is 55.0 Å². The van der Waals surface area contributed by atoms with Crippen LogP contribution < -0.4 is 0 Å². The van der Waals surface area contributed by atoms with Gasteiger partial charge in [0.05, 0.1) is 115 Å². The maximum Gasteiger partial charge on any atom is 0.0992 e. The zero-order valence-corrected chi connectivity index (χ0v) is 37.6. The second kappa shape index (κ2) is 17.3. The molecule has 0 aliphatic heterocycles. The van der Waals surface area contributed by atoms with Gasteiger partial charge < -0.3 is 9.13 Å². The summed E-state index contributed by atoms with van der Waals surface area (Å²) in [6, 6.07) is 70.0. The van der Waals surface area contributed by atoms with Crippen LogP contribution in [0.2, 0.25) is 0 Å². The van der Waals surface area contributed by atoms with Gasteiger partial charge in [0, 0.05) is 32.9 Å². The third-order valence-corrected chi connectivity index (χ3v) is 12.9. The molecule has 0 N–H and O–H groups in total. The van der Waals surface area contributed by atoms with Gasteiger partial charge in [0.1, 0.15) is 0 Å². The molecule has 0 aliphatic rings. The van der Waals surface area contributed by atoms with Crippen LogP contribution in [0.4, 0.5) is 0 Å². The molecule has 0 aliphatic carbocycles. The van der Waals surface area contributed by atoms with Crippen molar-refractivity contribution >= 4 is 43.6 Å². The Morgan fingerprint density at radius 1 is 0.250 bits per heavy atom. The lowest BCUT2D eigenvalue weighted by molar-refractivity contribution is 1.17. The number of fused-ring (bicyclic) bond motifs is 7. The van der Waals surface area contributed by atoms with Crippen LogP contribution in [-0.4, -0.2) is 9.13 Å². The van der Waals surface area contributed by atoms with Crippen molar-refractivity contribution in [3.63, 3.8) is 0 Å². The van der Waals surface area contributed by atoms with Crippen LogP contribution in [0.5, 0.6) is 0 Å². The van der Waals surface area contributed by atoms with Gasteiger partial charge in [-0.15, -0.1) is 0 Å². The van der Waals surface area contributed by atoms with Crippen LogP contribution >= 0.6 is 0 Å². The smallest absolute Gasteiger partial charge is 0.0992 e. The second-order valence-corrected chi connectivity index (χ2v) is 17.2. The first-order valence-electron chi connectivity index (χ1n) is 22.3. The standard InChI is InChI=1S/C62H28N10/c63-29-37-11-38(30-64)16-45(15-37)49-23-50(46-17-39(31-65)12-40(18-46)32-66)26-53(25-49)71-59-8-4-2-6-57(59)61-60(71)10-9-56-55-5-1-3-7-58(55)72(62(56)61)54-27-51(47-19-41(33-67)13-42(20-47)34-68)24-52(28-54)48-21-43(35-69)14-44(22-48)36-70/h1-28H. The van der Waals surface area contributed by atoms with E-state index in [1.54, 1.807) is 72.8 Å². The number of rotatable bonds is 6. The maximum atomic E-state index is 10.0. The van der Waals surface area contributed by atoms with Crippen LogP contribution in [0.3, 0.4) is 0 Å². The largest absolute Gasteiger partial charge is 0.309 e. The molecule has 0 radical (unpaired) electrons. The molecule has 2 aromatic heterocycles. The third-order valence-electron chi connectivity index (χ3n) is 12.9. The molecule has 0 amide bonds. The highest BCUT2D eigenvalue weighted by atomic mass is 15.0. The van der Waals surface area contributed by atoms with Gasteiger partial charge in [-0.05, 0) is 172 Å². The van der Waals surface area contributed by atoms with Gasteiger partial charge >= 0.3 is 0 Å². The molecule has 11 aromatic rings. The van der Waals surface area contributed by atoms with E-state index in [0.29, 0.717) is 89.0 Å². The third kappa shape index (κ3) is 7.24. The fourth-order valence-corrected chi connectivity index (χ4v) is 9.90. The first-order chi connectivity index (χ1) is 35.2. The van der Waals surface area contributed by atoms with E-state index < -0.39 is 0 Å². The van der Waals surface area contributed by atoms with Crippen LogP contribution in [0, 0.1) is 90.6 Å². The van der Waals surface area contributed by atoms with Crippen molar-refractivity contribution in [1.82, 2.24) is 9.13 Å². The Balaban J connectivity index is 1.26. The summed E-state index contributed by atoms with van der Waals surface area (Å²) in [7, 11) is 0. The number of benzene rings is 9.